The number of rotatable bonds is 6. The van der Waals surface area contributed by atoms with E-state index in [2.05, 4.69) is 10.6 Å². The highest BCUT2D eigenvalue weighted by atomic mass is 32.2. The third-order valence-corrected chi connectivity index (χ3v) is 6.77. The second kappa shape index (κ2) is 8.75. The molecule has 1 aliphatic heterocycles. The first-order valence-electron chi connectivity index (χ1n) is 9.55. The van der Waals surface area contributed by atoms with Crippen molar-refractivity contribution in [1.29, 1.82) is 0 Å². The van der Waals surface area contributed by atoms with Gasteiger partial charge >= 0.3 is 0 Å². The molecule has 3 rings (SSSR count). The van der Waals surface area contributed by atoms with Crippen molar-refractivity contribution in [2.24, 2.45) is 0 Å². The lowest BCUT2D eigenvalue weighted by Crippen LogP contribution is -2.49. The van der Waals surface area contributed by atoms with E-state index in [0.717, 1.165) is 15.4 Å². The number of aryl methyl sites for hydroxylation is 1. The van der Waals surface area contributed by atoms with Crippen molar-refractivity contribution in [1.82, 2.24) is 14.9 Å². The van der Waals surface area contributed by atoms with Gasteiger partial charge in [-0.2, -0.15) is 4.31 Å². The summed E-state index contributed by atoms with van der Waals surface area (Å²) in [4.78, 5) is 24.3. The van der Waals surface area contributed by atoms with E-state index in [1.54, 1.807) is 12.1 Å². The molecule has 8 heteroatoms. The Bertz CT molecular complexity index is 1000. The molecule has 0 radical (unpaired) electrons. The van der Waals surface area contributed by atoms with Gasteiger partial charge < -0.3 is 10.6 Å². The lowest BCUT2D eigenvalue weighted by molar-refractivity contribution is -0.122. The minimum atomic E-state index is -3.85. The molecule has 0 aromatic heterocycles. The highest BCUT2D eigenvalue weighted by Crippen LogP contribution is 2.20. The smallest absolute Gasteiger partial charge is 0.251 e. The zero-order chi connectivity index (χ0) is 21.0. The molecule has 1 heterocycles. The molecule has 154 valence electrons. The molecule has 7 nitrogen and oxygen atoms in total. The number of carbonyl (C=O) groups is 2. The highest BCUT2D eigenvalue weighted by molar-refractivity contribution is 7.89. The number of benzene rings is 2. The normalized spacial score (nSPS) is 16.1. The van der Waals surface area contributed by atoms with Crippen molar-refractivity contribution in [2.75, 3.05) is 19.6 Å². The van der Waals surface area contributed by atoms with Gasteiger partial charge in [-0.05, 0) is 37.1 Å². The number of piperazine rings is 1. The fourth-order valence-corrected chi connectivity index (χ4v) is 4.67. The summed E-state index contributed by atoms with van der Waals surface area (Å²) < 4.78 is 26.8. The summed E-state index contributed by atoms with van der Waals surface area (Å²) in [5.74, 6) is -0.677. The molecule has 1 aliphatic rings. The highest BCUT2D eigenvalue weighted by Gasteiger charge is 2.29. The van der Waals surface area contributed by atoms with Gasteiger partial charge in [-0.15, -0.1) is 0 Å². The summed E-state index contributed by atoms with van der Waals surface area (Å²) in [6.07, 6.45) is 0.704. The molecule has 2 amide bonds. The molecule has 2 N–H and O–H groups in total. The zero-order valence-corrected chi connectivity index (χ0v) is 17.3. The Labute approximate surface area is 171 Å². The Morgan fingerprint density at radius 2 is 1.93 bits per heavy atom. The summed E-state index contributed by atoms with van der Waals surface area (Å²) in [6.45, 7) is 4.24. The minimum Gasteiger partial charge on any atom is -0.354 e. The Morgan fingerprint density at radius 3 is 2.59 bits per heavy atom. The van der Waals surface area contributed by atoms with Crippen LogP contribution in [0.25, 0.3) is 0 Å². The molecule has 0 aliphatic carbocycles. The fraction of sp³-hybridized carbons (Fsp3) is 0.333. The van der Waals surface area contributed by atoms with Gasteiger partial charge in [0.15, 0.2) is 0 Å². The SMILES string of the molecule is CC[C@@H](NC(=O)c1cccc(S(=O)(=O)N2CCNC(=O)C2)c1)c1ccc(C)cc1. The van der Waals surface area contributed by atoms with E-state index >= 15 is 0 Å². The molecule has 1 fully saturated rings. The van der Waals surface area contributed by atoms with Crippen LogP contribution in [0.1, 0.15) is 40.9 Å². The summed E-state index contributed by atoms with van der Waals surface area (Å²) in [7, 11) is -3.85. The van der Waals surface area contributed by atoms with Crippen LogP contribution in [0.15, 0.2) is 53.4 Å². The standard InChI is InChI=1S/C21H25N3O4S/c1-3-19(16-9-7-15(2)8-10-16)23-21(26)17-5-4-6-18(13-17)29(27,28)24-12-11-22-20(25)14-24/h4-10,13,19H,3,11-12,14H2,1-2H3,(H,22,25)(H,23,26)/t19-/m1/s1. The van der Waals surface area contributed by atoms with Crippen molar-refractivity contribution in [2.45, 2.75) is 31.2 Å². The van der Waals surface area contributed by atoms with E-state index in [9.17, 15) is 18.0 Å². The summed E-state index contributed by atoms with van der Waals surface area (Å²) in [6, 6.07) is 13.7. The van der Waals surface area contributed by atoms with E-state index in [0.29, 0.717) is 6.42 Å². The van der Waals surface area contributed by atoms with Crippen LogP contribution in [0, 0.1) is 6.92 Å². The average Bonchev–Trinajstić information content (AvgIpc) is 2.72. The number of carbonyl (C=O) groups excluding carboxylic acids is 2. The van der Waals surface area contributed by atoms with Crippen LogP contribution in [0.3, 0.4) is 0 Å². The number of hydrogen-bond donors (Lipinski definition) is 2. The molecule has 1 saturated heterocycles. The monoisotopic (exact) mass is 415 g/mol. The molecule has 2 aromatic rings. The van der Waals surface area contributed by atoms with Crippen LogP contribution in [-0.2, 0) is 14.8 Å². The Balaban J connectivity index is 1.80. The van der Waals surface area contributed by atoms with E-state index in [1.165, 1.54) is 12.1 Å². The molecular formula is C21H25N3O4S. The second-order valence-electron chi connectivity index (χ2n) is 7.06. The predicted molar refractivity (Wildman–Crippen MR) is 110 cm³/mol. The maximum atomic E-state index is 12.9. The third-order valence-electron chi connectivity index (χ3n) is 4.93. The van der Waals surface area contributed by atoms with Crippen LogP contribution in [-0.4, -0.2) is 44.2 Å². The largest absolute Gasteiger partial charge is 0.354 e. The molecule has 2 aromatic carbocycles. The fourth-order valence-electron chi connectivity index (χ4n) is 3.23. The number of amides is 2. The molecule has 0 spiro atoms. The molecule has 0 saturated carbocycles. The van der Waals surface area contributed by atoms with Crippen LogP contribution in [0.5, 0.6) is 0 Å². The number of sulfonamides is 1. The van der Waals surface area contributed by atoms with Gasteiger partial charge in [-0.25, -0.2) is 8.42 Å². The summed E-state index contributed by atoms with van der Waals surface area (Å²) in [5.41, 5.74) is 2.40. The molecule has 0 bridgehead atoms. The van der Waals surface area contributed by atoms with Gasteiger partial charge in [0, 0.05) is 18.7 Å². The van der Waals surface area contributed by atoms with Crippen LogP contribution in [0.2, 0.25) is 0 Å². The third kappa shape index (κ3) is 4.83. The summed E-state index contributed by atoms with van der Waals surface area (Å²) in [5, 5.41) is 5.58. The van der Waals surface area contributed by atoms with Crippen molar-refractivity contribution in [3.05, 3.63) is 65.2 Å². The first-order chi connectivity index (χ1) is 13.8. The second-order valence-corrected chi connectivity index (χ2v) is 9.00. The van der Waals surface area contributed by atoms with E-state index in [1.807, 2.05) is 38.1 Å². The minimum absolute atomic E-state index is 0.00299. The summed E-state index contributed by atoms with van der Waals surface area (Å²) >= 11 is 0. The molecule has 0 unspecified atom stereocenters. The lowest BCUT2D eigenvalue weighted by atomic mass is 10.0. The van der Waals surface area contributed by atoms with Gasteiger partial charge in [0.2, 0.25) is 15.9 Å². The number of nitrogens with one attached hydrogen (secondary N) is 2. The Kier molecular flexibility index (Phi) is 6.34. The van der Waals surface area contributed by atoms with E-state index in [4.69, 9.17) is 0 Å². The first-order valence-corrected chi connectivity index (χ1v) is 11.0. The van der Waals surface area contributed by atoms with Crippen LogP contribution in [0.4, 0.5) is 0 Å². The maximum absolute atomic E-state index is 12.9. The first kappa shape index (κ1) is 21.0. The van der Waals surface area contributed by atoms with Gasteiger partial charge in [-0.3, -0.25) is 9.59 Å². The average molecular weight is 416 g/mol. The zero-order valence-electron chi connectivity index (χ0n) is 16.5. The van der Waals surface area contributed by atoms with E-state index < -0.39 is 10.0 Å². The maximum Gasteiger partial charge on any atom is 0.251 e. The van der Waals surface area contributed by atoms with Crippen LogP contribution >= 0.6 is 0 Å². The lowest BCUT2D eigenvalue weighted by Gasteiger charge is -2.26. The van der Waals surface area contributed by atoms with Gasteiger partial charge in [0.1, 0.15) is 0 Å². The van der Waals surface area contributed by atoms with Gasteiger partial charge in [0.25, 0.3) is 5.91 Å². The number of hydrogen-bond acceptors (Lipinski definition) is 4. The number of nitrogens with zero attached hydrogens (tertiary/aromatic N) is 1. The topological polar surface area (TPSA) is 95.6 Å². The van der Waals surface area contributed by atoms with Crippen LogP contribution < -0.4 is 10.6 Å². The molecular weight excluding hydrogens is 390 g/mol. The Morgan fingerprint density at radius 1 is 1.21 bits per heavy atom. The molecule has 1 atom stereocenters. The van der Waals surface area contributed by atoms with Crippen molar-refractivity contribution < 1.29 is 18.0 Å². The Hall–Kier alpha value is -2.71. The quantitative estimate of drug-likeness (QED) is 0.754. The van der Waals surface area contributed by atoms with Crippen molar-refractivity contribution in [3.8, 4) is 0 Å². The predicted octanol–water partition coefficient (Wildman–Crippen LogP) is 2.00. The van der Waals surface area contributed by atoms with Gasteiger partial charge in [0.05, 0.1) is 17.5 Å². The van der Waals surface area contributed by atoms with Crippen molar-refractivity contribution in [3.63, 3.8) is 0 Å². The van der Waals surface area contributed by atoms with E-state index in [-0.39, 0.29) is 47.9 Å². The van der Waals surface area contributed by atoms with Crippen molar-refractivity contribution >= 4 is 21.8 Å². The molecule has 29 heavy (non-hydrogen) atoms. The van der Waals surface area contributed by atoms with Gasteiger partial charge in [-0.1, -0.05) is 42.8 Å².